The third-order valence-electron chi connectivity index (χ3n) is 6.51. The van der Waals surface area contributed by atoms with Gasteiger partial charge in [0, 0.05) is 28.7 Å². The number of fused-ring (bicyclic) bond motifs is 1. The van der Waals surface area contributed by atoms with Crippen molar-refractivity contribution in [2.45, 2.75) is 38.4 Å². The minimum absolute atomic E-state index is 0.0210. The van der Waals surface area contributed by atoms with Gasteiger partial charge in [-0.2, -0.15) is 0 Å². The molecular weight excluding hydrogens is 466 g/mol. The smallest absolute Gasteiger partial charge is 0.175 e. The molecule has 0 bridgehead atoms. The van der Waals surface area contributed by atoms with Gasteiger partial charge in [-0.3, -0.25) is 9.36 Å². The average molecular weight is 494 g/mol. The predicted molar refractivity (Wildman–Crippen MR) is 137 cm³/mol. The summed E-state index contributed by atoms with van der Waals surface area (Å²) in [6.07, 6.45) is 0.599. The molecule has 0 radical (unpaired) electrons. The lowest BCUT2D eigenvalue weighted by molar-refractivity contribution is 0.102. The molecular formula is C26H27N3O3S2. The van der Waals surface area contributed by atoms with E-state index in [1.807, 2.05) is 48.7 Å². The quantitative estimate of drug-likeness (QED) is 0.276. The summed E-state index contributed by atoms with van der Waals surface area (Å²) in [6, 6.07) is 18.1. The maximum Gasteiger partial charge on any atom is 0.175 e. The molecule has 1 fully saturated rings. The molecule has 2 aromatic heterocycles. The highest BCUT2D eigenvalue weighted by Crippen LogP contribution is 2.32. The first-order valence-corrected chi connectivity index (χ1v) is 14.1. The van der Waals surface area contributed by atoms with Crippen LogP contribution in [-0.2, 0) is 9.84 Å². The molecule has 0 spiro atoms. The van der Waals surface area contributed by atoms with Crippen molar-refractivity contribution in [1.29, 1.82) is 0 Å². The van der Waals surface area contributed by atoms with Gasteiger partial charge in [0.1, 0.15) is 0 Å². The Morgan fingerprint density at radius 2 is 1.82 bits per heavy atom. The Kier molecular flexibility index (Phi) is 5.90. The molecule has 176 valence electrons. The summed E-state index contributed by atoms with van der Waals surface area (Å²) in [5, 5.41) is 0.772. The van der Waals surface area contributed by atoms with Crippen LogP contribution in [0.15, 0.2) is 59.8 Å². The van der Waals surface area contributed by atoms with Gasteiger partial charge in [-0.15, -0.1) is 0 Å². The molecule has 34 heavy (non-hydrogen) atoms. The molecule has 5 rings (SSSR count). The number of hydrogen-bond acceptors (Lipinski definition) is 5. The highest BCUT2D eigenvalue weighted by molar-refractivity contribution is 7.99. The molecule has 3 heterocycles. The van der Waals surface area contributed by atoms with Crippen LogP contribution in [0.4, 0.5) is 0 Å². The molecule has 1 atom stereocenters. The van der Waals surface area contributed by atoms with E-state index >= 15 is 0 Å². The van der Waals surface area contributed by atoms with Crippen molar-refractivity contribution in [2.24, 2.45) is 0 Å². The summed E-state index contributed by atoms with van der Waals surface area (Å²) < 4.78 is 28.1. The van der Waals surface area contributed by atoms with Crippen molar-refractivity contribution < 1.29 is 13.2 Å². The number of carbonyl (C=O) groups is 1. The van der Waals surface area contributed by atoms with Gasteiger partial charge >= 0.3 is 0 Å². The van der Waals surface area contributed by atoms with E-state index in [0.717, 1.165) is 33.3 Å². The number of ketones is 1. The maximum absolute atomic E-state index is 13.3. The fraction of sp³-hybridized carbons (Fsp3) is 0.308. The predicted octanol–water partition coefficient (Wildman–Crippen LogP) is 5.09. The van der Waals surface area contributed by atoms with E-state index in [0.29, 0.717) is 12.0 Å². The Labute approximate surface area is 203 Å². The zero-order valence-corrected chi connectivity index (χ0v) is 21.1. The van der Waals surface area contributed by atoms with Gasteiger partial charge < -0.3 is 4.57 Å². The van der Waals surface area contributed by atoms with Gasteiger partial charge in [0.15, 0.2) is 20.8 Å². The molecule has 0 aliphatic carbocycles. The molecule has 0 amide bonds. The second-order valence-corrected chi connectivity index (χ2v) is 12.1. The van der Waals surface area contributed by atoms with Crippen LogP contribution in [0.2, 0.25) is 0 Å². The van der Waals surface area contributed by atoms with Crippen LogP contribution >= 0.6 is 11.8 Å². The normalized spacial score (nSPS) is 17.4. The van der Waals surface area contributed by atoms with Crippen LogP contribution in [0.25, 0.3) is 16.7 Å². The Balaban J connectivity index is 1.43. The van der Waals surface area contributed by atoms with Crippen LogP contribution < -0.4 is 0 Å². The van der Waals surface area contributed by atoms with E-state index in [-0.39, 0.29) is 29.1 Å². The van der Waals surface area contributed by atoms with Gasteiger partial charge in [-0.25, -0.2) is 13.4 Å². The first-order valence-electron chi connectivity index (χ1n) is 11.3. The van der Waals surface area contributed by atoms with Crippen molar-refractivity contribution in [3.63, 3.8) is 0 Å². The Morgan fingerprint density at radius 1 is 1.09 bits per heavy atom. The van der Waals surface area contributed by atoms with Crippen molar-refractivity contribution in [1.82, 2.24) is 14.1 Å². The minimum atomic E-state index is -3.00. The lowest BCUT2D eigenvalue weighted by Crippen LogP contribution is -2.14. The zero-order valence-electron chi connectivity index (χ0n) is 19.5. The summed E-state index contributed by atoms with van der Waals surface area (Å²) in [6.45, 7) is 5.91. The maximum atomic E-state index is 13.3. The number of sulfone groups is 1. The highest BCUT2D eigenvalue weighted by atomic mass is 32.2. The first-order chi connectivity index (χ1) is 16.2. The molecule has 1 aliphatic rings. The zero-order chi connectivity index (χ0) is 24.0. The van der Waals surface area contributed by atoms with Gasteiger partial charge in [0.2, 0.25) is 0 Å². The fourth-order valence-electron chi connectivity index (χ4n) is 4.85. The lowest BCUT2D eigenvalue weighted by atomic mass is 10.2. The third-order valence-corrected chi connectivity index (χ3v) is 9.20. The summed E-state index contributed by atoms with van der Waals surface area (Å²) in [5.74, 6) is 0.630. The van der Waals surface area contributed by atoms with E-state index < -0.39 is 9.84 Å². The summed E-state index contributed by atoms with van der Waals surface area (Å²) in [5.41, 5.74) is 6.52. The van der Waals surface area contributed by atoms with E-state index in [1.54, 1.807) is 0 Å². The molecule has 2 aromatic carbocycles. The molecule has 0 N–H and O–H groups in total. The van der Waals surface area contributed by atoms with E-state index in [4.69, 9.17) is 4.98 Å². The third kappa shape index (κ3) is 4.20. The van der Waals surface area contributed by atoms with Crippen LogP contribution in [-0.4, -0.2) is 45.6 Å². The highest BCUT2D eigenvalue weighted by Gasteiger charge is 2.31. The molecule has 1 saturated heterocycles. The van der Waals surface area contributed by atoms with E-state index in [1.165, 1.54) is 17.3 Å². The number of aromatic nitrogens is 3. The number of Topliss-reactive ketones (excluding diaryl/α,β-unsaturated/α-hetero) is 1. The number of hydrogen-bond donors (Lipinski definition) is 0. The van der Waals surface area contributed by atoms with Gasteiger partial charge in [0.25, 0.3) is 0 Å². The monoisotopic (exact) mass is 493 g/mol. The Bertz CT molecular complexity index is 1500. The van der Waals surface area contributed by atoms with E-state index in [2.05, 4.69) is 35.8 Å². The SMILES string of the molecule is Cc1ccc(-n2c(SCC(=O)c3cc(C)n(C4CCS(=O)(=O)C4)c3C)nc3ccccc32)cc1. The largest absolute Gasteiger partial charge is 0.344 e. The van der Waals surface area contributed by atoms with E-state index in [9.17, 15) is 13.2 Å². The summed E-state index contributed by atoms with van der Waals surface area (Å²) >= 11 is 1.43. The Morgan fingerprint density at radius 3 is 2.53 bits per heavy atom. The van der Waals surface area contributed by atoms with Gasteiger partial charge in [-0.1, -0.05) is 41.6 Å². The van der Waals surface area contributed by atoms with Crippen molar-refractivity contribution in [2.75, 3.05) is 17.3 Å². The second-order valence-electron chi connectivity index (χ2n) is 8.98. The average Bonchev–Trinajstić information content (AvgIpc) is 3.44. The standard InChI is InChI=1S/C26H27N3O3S2/c1-17-8-10-20(11-9-17)29-24-7-5-4-6-23(24)27-26(29)33-15-25(30)22-14-18(2)28(19(22)3)21-12-13-34(31,32)16-21/h4-11,14,21H,12-13,15-16H2,1-3H3. The molecule has 0 saturated carbocycles. The first kappa shape index (κ1) is 22.9. The van der Waals surface area contributed by atoms with Crippen molar-refractivity contribution in [3.8, 4) is 5.69 Å². The van der Waals surface area contributed by atoms with Crippen LogP contribution in [0.1, 0.15) is 39.8 Å². The van der Waals surface area contributed by atoms with Gasteiger partial charge in [0.05, 0.1) is 28.3 Å². The number of carbonyl (C=O) groups excluding carboxylic acids is 1. The van der Waals surface area contributed by atoms with Gasteiger partial charge in [-0.05, 0) is 57.5 Å². The number of aryl methyl sites for hydroxylation is 2. The topological polar surface area (TPSA) is 74.0 Å². The second kappa shape index (κ2) is 8.74. The number of para-hydroxylation sites is 2. The number of imidazole rings is 1. The Hall–Kier alpha value is -2.84. The minimum Gasteiger partial charge on any atom is -0.344 e. The summed E-state index contributed by atoms with van der Waals surface area (Å²) in [4.78, 5) is 18.1. The van der Waals surface area contributed by atoms with Crippen LogP contribution in [0.5, 0.6) is 0 Å². The van der Waals surface area contributed by atoms with Crippen molar-refractivity contribution >= 4 is 38.4 Å². The molecule has 4 aromatic rings. The number of nitrogens with zero attached hydrogens (tertiary/aromatic N) is 3. The lowest BCUT2D eigenvalue weighted by Gasteiger charge is -2.16. The molecule has 1 unspecified atom stereocenters. The number of thioether (sulfide) groups is 1. The molecule has 6 nitrogen and oxygen atoms in total. The number of benzene rings is 2. The van der Waals surface area contributed by atoms with Crippen LogP contribution in [0, 0.1) is 20.8 Å². The molecule has 8 heteroatoms. The number of rotatable bonds is 6. The molecule has 1 aliphatic heterocycles. The van der Waals surface area contributed by atoms with Crippen LogP contribution in [0.3, 0.4) is 0 Å². The fourth-order valence-corrected chi connectivity index (χ4v) is 7.46. The van der Waals surface area contributed by atoms with Crippen molar-refractivity contribution in [3.05, 3.63) is 77.1 Å². The summed E-state index contributed by atoms with van der Waals surface area (Å²) in [7, 11) is -3.00.